The Morgan fingerprint density at radius 1 is 1.60 bits per heavy atom. The topological polar surface area (TPSA) is 56.7 Å². The lowest BCUT2D eigenvalue weighted by Crippen LogP contribution is -2.18. The highest BCUT2D eigenvalue weighted by Crippen LogP contribution is 2.31. The molecule has 2 rings (SSSR count). The fourth-order valence-corrected chi connectivity index (χ4v) is 2.27. The molecule has 1 fully saturated rings. The first-order chi connectivity index (χ1) is 7.33. The van der Waals surface area contributed by atoms with Crippen molar-refractivity contribution in [1.82, 2.24) is 14.8 Å². The Bertz CT molecular complexity index is 325. The molecular weight excluding hydrogens is 188 g/mol. The molecule has 0 aromatic carbocycles. The van der Waals surface area contributed by atoms with Crippen molar-refractivity contribution in [3.05, 3.63) is 24.8 Å². The number of hydrogen-bond acceptors (Lipinski definition) is 3. The molecule has 2 N–H and O–H groups in total. The van der Waals surface area contributed by atoms with Crippen LogP contribution in [-0.4, -0.2) is 14.8 Å². The van der Waals surface area contributed by atoms with E-state index in [1.54, 1.807) is 0 Å². The van der Waals surface area contributed by atoms with Gasteiger partial charge in [-0.1, -0.05) is 18.9 Å². The molecule has 1 atom stereocenters. The molecule has 0 saturated heterocycles. The Labute approximate surface area is 90.2 Å². The highest BCUT2D eigenvalue weighted by atomic mass is 15.3. The minimum Gasteiger partial charge on any atom is -0.321 e. The van der Waals surface area contributed by atoms with E-state index in [1.165, 1.54) is 25.7 Å². The van der Waals surface area contributed by atoms with E-state index in [9.17, 15) is 0 Å². The van der Waals surface area contributed by atoms with Crippen LogP contribution in [0.15, 0.2) is 19.0 Å². The van der Waals surface area contributed by atoms with E-state index < -0.39 is 0 Å². The molecule has 1 heterocycles. The Kier molecular flexibility index (Phi) is 3.16. The van der Waals surface area contributed by atoms with Crippen molar-refractivity contribution in [2.24, 2.45) is 5.73 Å². The number of hydrogen-bond donors (Lipinski definition) is 1. The Hall–Kier alpha value is -1.16. The molecule has 82 valence electrons. The molecule has 0 bridgehead atoms. The van der Waals surface area contributed by atoms with Gasteiger partial charge in [-0.2, -0.15) is 0 Å². The molecule has 1 aliphatic rings. The van der Waals surface area contributed by atoms with Gasteiger partial charge in [0.1, 0.15) is 12.2 Å². The lowest BCUT2D eigenvalue weighted by molar-refractivity contribution is 0.476. The second-order valence-electron chi connectivity index (χ2n) is 4.17. The fraction of sp³-hybridized carbons (Fsp3) is 0.636. The molecule has 0 radical (unpaired) electrons. The normalized spacial score (nSPS) is 19.3. The van der Waals surface area contributed by atoms with Crippen LogP contribution in [0.3, 0.4) is 0 Å². The third kappa shape index (κ3) is 2.09. The molecule has 1 aromatic heterocycles. The number of nitrogens with zero attached hydrogens (tertiary/aromatic N) is 3. The summed E-state index contributed by atoms with van der Waals surface area (Å²) in [5, 5.41) is 8.09. The Morgan fingerprint density at radius 2 is 2.33 bits per heavy atom. The first kappa shape index (κ1) is 10.4. The van der Waals surface area contributed by atoms with Gasteiger partial charge >= 0.3 is 0 Å². The summed E-state index contributed by atoms with van der Waals surface area (Å²) in [6, 6.07) is 0.497. The van der Waals surface area contributed by atoms with Crippen LogP contribution in [0, 0.1) is 0 Å². The van der Waals surface area contributed by atoms with E-state index in [-0.39, 0.29) is 6.04 Å². The second-order valence-corrected chi connectivity index (χ2v) is 4.17. The standard InChI is InChI=1S/C11H18N4/c1-2-5-10(12)11-14-13-8-15(11)9-6-3-4-7-9/h2,8-10H,1,3-7,12H2. The predicted molar refractivity (Wildman–Crippen MR) is 59.3 cm³/mol. The Balaban J connectivity index is 2.16. The molecule has 1 aromatic rings. The molecule has 0 aliphatic heterocycles. The van der Waals surface area contributed by atoms with Gasteiger partial charge in [0.05, 0.1) is 6.04 Å². The number of aromatic nitrogens is 3. The molecule has 1 aliphatic carbocycles. The van der Waals surface area contributed by atoms with Gasteiger partial charge in [-0.05, 0) is 19.3 Å². The average molecular weight is 206 g/mol. The summed E-state index contributed by atoms with van der Waals surface area (Å²) in [6.07, 6.45) is 9.47. The maximum Gasteiger partial charge on any atom is 0.150 e. The predicted octanol–water partition coefficient (Wildman–Crippen LogP) is 1.97. The van der Waals surface area contributed by atoms with Crippen molar-refractivity contribution in [3.8, 4) is 0 Å². The van der Waals surface area contributed by atoms with Gasteiger partial charge in [-0.3, -0.25) is 0 Å². The van der Waals surface area contributed by atoms with Crippen LogP contribution in [-0.2, 0) is 0 Å². The van der Waals surface area contributed by atoms with Crippen LogP contribution in [0.1, 0.15) is 50.0 Å². The van der Waals surface area contributed by atoms with Crippen LogP contribution >= 0.6 is 0 Å². The van der Waals surface area contributed by atoms with E-state index in [0.717, 1.165) is 12.2 Å². The van der Waals surface area contributed by atoms with Gasteiger partial charge in [-0.25, -0.2) is 0 Å². The molecule has 4 nitrogen and oxygen atoms in total. The summed E-state index contributed by atoms with van der Waals surface area (Å²) in [7, 11) is 0. The summed E-state index contributed by atoms with van der Waals surface area (Å²) in [6.45, 7) is 3.70. The summed E-state index contributed by atoms with van der Waals surface area (Å²) in [4.78, 5) is 0. The third-order valence-electron chi connectivity index (χ3n) is 3.07. The monoisotopic (exact) mass is 206 g/mol. The van der Waals surface area contributed by atoms with E-state index >= 15 is 0 Å². The second kappa shape index (κ2) is 4.57. The molecule has 15 heavy (non-hydrogen) atoms. The summed E-state index contributed by atoms with van der Waals surface area (Å²) in [5.41, 5.74) is 6.02. The van der Waals surface area contributed by atoms with Crippen molar-refractivity contribution in [3.63, 3.8) is 0 Å². The molecule has 4 heteroatoms. The van der Waals surface area contributed by atoms with Gasteiger partial charge in [0, 0.05) is 6.04 Å². The van der Waals surface area contributed by atoms with Crippen molar-refractivity contribution in [2.45, 2.75) is 44.2 Å². The quantitative estimate of drug-likeness (QED) is 0.766. The van der Waals surface area contributed by atoms with Crippen LogP contribution in [0.5, 0.6) is 0 Å². The van der Waals surface area contributed by atoms with Gasteiger partial charge < -0.3 is 10.3 Å². The summed E-state index contributed by atoms with van der Waals surface area (Å²) in [5.74, 6) is 0.904. The highest BCUT2D eigenvalue weighted by Gasteiger charge is 2.22. The van der Waals surface area contributed by atoms with Crippen LogP contribution in [0.25, 0.3) is 0 Å². The van der Waals surface area contributed by atoms with E-state index in [2.05, 4.69) is 21.3 Å². The maximum absolute atomic E-state index is 6.02. The number of rotatable bonds is 4. The third-order valence-corrected chi connectivity index (χ3v) is 3.07. The van der Waals surface area contributed by atoms with Crippen LogP contribution in [0.4, 0.5) is 0 Å². The molecule has 0 amide bonds. The number of nitrogens with two attached hydrogens (primary N) is 1. The highest BCUT2D eigenvalue weighted by molar-refractivity contribution is 4.99. The van der Waals surface area contributed by atoms with Crippen molar-refractivity contribution in [1.29, 1.82) is 0 Å². The van der Waals surface area contributed by atoms with Gasteiger partial charge in [0.2, 0.25) is 0 Å². The van der Waals surface area contributed by atoms with Crippen LogP contribution < -0.4 is 5.73 Å². The van der Waals surface area contributed by atoms with E-state index in [4.69, 9.17) is 5.73 Å². The van der Waals surface area contributed by atoms with Gasteiger partial charge in [-0.15, -0.1) is 16.8 Å². The smallest absolute Gasteiger partial charge is 0.150 e. The largest absolute Gasteiger partial charge is 0.321 e. The molecule has 1 saturated carbocycles. The van der Waals surface area contributed by atoms with Crippen molar-refractivity contribution >= 4 is 0 Å². The van der Waals surface area contributed by atoms with Crippen molar-refractivity contribution < 1.29 is 0 Å². The minimum absolute atomic E-state index is 0.0643. The van der Waals surface area contributed by atoms with Gasteiger partial charge in [0.15, 0.2) is 0 Å². The maximum atomic E-state index is 6.02. The van der Waals surface area contributed by atoms with Gasteiger partial charge in [0.25, 0.3) is 0 Å². The SMILES string of the molecule is C=CCC(N)c1nncn1C1CCCC1. The summed E-state index contributed by atoms with van der Waals surface area (Å²) < 4.78 is 2.15. The summed E-state index contributed by atoms with van der Waals surface area (Å²) >= 11 is 0. The molecular formula is C11H18N4. The zero-order chi connectivity index (χ0) is 10.7. The Morgan fingerprint density at radius 3 is 3.00 bits per heavy atom. The first-order valence-corrected chi connectivity index (χ1v) is 5.59. The average Bonchev–Trinajstić information content (AvgIpc) is 2.88. The first-order valence-electron chi connectivity index (χ1n) is 5.59. The minimum atomic E-state index is -0.0643. The molecule has 0 spiro atoms. The van der Waals surface area contributed by atoms with E-state index in [1.807, 2.05) is 12.4 Å². The van der Waals surface area contributed by atoms with Crippen LogP contribution in [0.2, 0.25) is 0 Å². The zero-order valence-electron chi connectivity index (χ0n) is 8.97. The molecule has 1 unspecified atom stereocenters. The fourth-order valence-electron chi connectivity index (χ4n) is 2.27. The lowest BCUT2D eigenvalue weighted by atomic mass is 10.2. The van der Waals surface area contributed by atoms with E-state index in [0.29, 0.717) is 6.04 Å². The zero-order valence-corrected chi connectivity index (χ0v) is 8.97. The lowest BCUT2D eigenvalue weighted by Gasteiger charge is -2.16. The van der Waals surface area contributed by atoms with Crippen molar-refractivity contribution in [2.75, 3.05) is 0 Å².